The van der Waals surface area contributed by atoms with Gasteiger partial charge in [0.25, 0.3) is 0 Å². The molecule has 2 aromatic heterocycles. The molecule has 1 aliphatic carbocycles. The van der Waals surface area contributed by atoms with Crippen molar-refractivity contribution in [1.29, 1.82) is 0 Å². The van der Waals surface area contributed by atoms with Crippen LogP contribution in [0.2, 0.25) is 0 Å². The van der Waals surface area contributed by atoms with Crippen LogP contribution in [0.1, 0.15) is 29.1 Å². The van der Waals surface area contributed by atoms with Crippen LogP contribution < -0.4 is 5.43 Å². The highest BCUT2D eigenvalue weighted by Crippen LogP contribution is 2.24. The first kappa shape index (κ1) is 13.5. The average Bonchev–Trinajstić information content (AvgIpc) is 2.93. The van der Waals surface area contributed by atoms with E-state index in [2.05, 4.69) is 20.4 Å². The lowest BCUT2D eigenvalue weighted by Gasteiger charge is -2.19. The number of hydrogen-bond donors (Lipinski definition) is 2. The van der Waals surface area contributed by atoms with E-state index in [1.807, 2.05) is 0 Å². The third-order valence-electron chi connectivity index (χ3n) is 3.70. The van der Waals surface area contributed by atoms with E-state index >= 15 is 0 Å². The quantitative estimate of drug-likeness (QED) is 0.808. The van der Waals surface area contributed by atoms with Crippen molar-refractivity contribution in [3.63, 3.8) is 0 Å². The number of nitrogens with zero attached hydrogens (tertiary/aromatic N) is 2. The summed E-state index contributed by atoms with van der Waals surface area (Å²) in [4.78, 5) is 23.8. The van der Waals surface area contributed by atoms with Gasteiger partial charge in [0.15, 0.2) is 0 Å². The molecule has 1 aliphatic rings. The molecule has 0 bridgehead atoms. The number of H-pyrrole nitrogens is 2. The fourth-order valence-corrected chi connectivity index (χ4v) is 2.50. The Bertz CT molecular complexity index is 719. The van der Waals surface area contributed by atoms with Gasteiger partial charge in [-0.25, -0.2) is 0 Å². The maximum absolute atomic E-state index is 12.1. The molecule has 0 aliphatic heterocycles. The standard InChI is InChI=1S/C14H16N4O3/c1-8-4-13(19)12(18-16-8)7-21-14(20)9-2-3-11-10(5-9)6-15-17-11/h4,6,9H,2-3,5,7H2,1H3,(H,15,17)(H,16,19). The number of carbonyl (C=O) groups is 1. The molecular formula is C14H16N4O3. The van der Waals surface area contributed by atoms with Crippen LogP contribution in [0, 0.1) is 12.8 Å². The van der Waals surface area contributed by atoms with Gasteiger partial charge >= 0.3 is 5.97 Å². The molecule has 7 heteroatoms. The lowest BCUT2D eigenvalue weighted by atomic mass is 9.88. The SMILES string of the molecule is Cc1cc(=O)c(COC(=O)C2CCc3[nH]ncc3C2)n[nH]1. The number of aryl methyl sites for hydroxylation is 2. The van der Waals surface area contributed by atoms with Gasteiger partial charge in [-0.2, -0.15) is 10.2 Å². The molecule has 3 rings (SSSR count). The largest absolute Gasteiger partial charge is 0.459 e. The second kappa shape index (κ2) is 5.51. The summed E-state index contributed by atoms with van der Waals surface area (Å²) in [5.74, 6) is -0.469. The Balaban J connectivity index is 1.61. The van der Waals surface area contributed by atoms with E-state index in [1.54, 1.807) is 13.1 Å². The average molecular weight is 288 g/mol. The summed E-state index contributed by atoms with van der Waals surface area (Å²) in [5.41, 5.74) is 2.83. The lowest BCUT2D eigenvalue weighted by Crippen LogP contribution is -2.25. The van der Waals surface area contributed by atoms with Crippen molar-refractivity contribution in [3.05, 3.63) is 45.1 Å². The van der Waals surface area contributed by atoms with Gasteiger partial charge in [-0.3, -0.25) is 19.8 Å². The lowest BCUT2D eigenvalue weighted by molar-refractivity contribution is -0.150. The third-order valence-corrected chi connectivity index (χ3v) is 3.70. The summed E-state index contributed by atoms with van der Waals surface area (Å²) in [7, 11) is 0. The molecule has 110 valence electrons. The molecule has 0 spiro atoms. The van der Waals surface area contributed by atoms with E-state index in [0.717, 1.165) is 24.1 Å². The smallest absolute Gasteiger partial charge is 0.309 e. The van der Waals surface area contributed by atoms with E-state index in [4.69, 9.17) is 4.74 Å². The summed E-state index contributed by atoms with van der Waals surface area (Å²) in [6, 6.07) is 1.44. The maximum Gasteiger partial charge on any atom is 0.309 e. The first-order chi connectivity index (χ1) is 10.1. The molecule has 0 amide bonds. The maximum atomic E-state index is 12.1. The van der Waals surface area contributed by atoms with Crippen molar-refractivity contribution in [2.24, 2.45) is 5.92 Å². The fourth-order valence-electron chi connectivity index (χ4n) is 2.50. The molecule has 0 radical (unpaired) electrons. The van der Waals surface area contributed by atoms with Crippen LogP contribution in [0.5, 0.6) is 0 Å². The van der Waals surface area contributed by atoms with Gasteiger partial charge in [-0.1, -0.05) is 0 Å². The third kappa shape index (κ3) is 2.86. The van der Waals surface area contributed by atoms with Crippen molar-refractivity contribution in [2.75, 3.05) is 0 Å². The topological polar surface area (TPSA) is 101 Å². The van der Waals surface area contributed by atoms with E-state index in [9.17, 15) is 9.59 Å². The zero-order chi connectivity index (χ0) is 14.8. The number of aromatic nitrogens is 4. The van der Waals surface area contributed by atoms with Gasteiger partial charge in [0, 0.05) is 17.5 Å². The molecule has 0 saturated carbocycles. The minimum atomic E-state index is -0.288. The monoisotopic (exact) mass is 288 g/mol. The first-order valence-corrected chi connectivity index (χ1v) is 6.86. The van der Waals surface area contributed by atoms with Crippen LogP contribution in [0.25, 0.3) is 0 Å². The van der Waals surface area contributed by atoms with Crippen molar-refractivity contribution in [3.8, 4) is 0 Å². The molecule has 0 fully saturated rings. The number of hydrogen-bond acceptors (Lipinski definition) is 5. The van der Waals surface area contributed by atoms with Gasteiger partial charge in [-0.05, 0) is 31.7 Å². The summed E-state index contributed by atoms with van der Waals surface area (Å²) >= 11 is 0. The minimum absolute atomic E-state index is 0.0941. The summed E-state index contributed by atoms with van der Waals surface area (Å²) < 4.78 is 5.23. The highest BCUT2D eigenvalue weighted by molar-refractivity contribution is 5.73. The van der Waals surface area contributed by atoms with E-state index in [-0.39, 0.29) is 29.6 Å². The molecule has 0 aromatic carbocycles. The number of esters is 1. The summed E-state index contributed by atoms with van der Waals surface area (Å²) in [5, 5.41) is 13.5. The summed E-state index contributed by atoms with van der Waals surface area (Å²) in [6.45, 7) is 1.65. The number of rotatable bonds is 3. The molecule has 2 aromatic rings. The van der Waals surface area contributed by atoms with Gasteiger partial charge in [0.1, 0.15) is 12.3 Å². The van der Waals surface area contributed by atoms with Crippen LogP contribution in [-0.2, 0) is 29.0 Å². The van der Waals surface area contributed by atoms with Crippen LogP contribution >= 0.6 is 0 Å². The molecule has 0 saturated heterocycles. The zero-order valence-corrected chi connectivity index (χ0v) is 11.7. The molecule has 1 atom stereocenters. The highest BCUT2D eigenvalue weighted by Gasteiger charge is 2.27. The van der Waals surface area contributed by atoms with Crippen molar-refractivity contribution < 1.29 is 9.53 Å². The van der Waals surface area contributed by atoms with Crippen LogP contribution in [0.4, 0.5) is 0 Å². The van der Waals surface area contributed by atoms with E-state index < -0.39 is 0 Å². The number of nitrogens with one attached hydrogen (secondary N) is 2. The molecule has 2 heterocycles. The first-order valence-electron chi connectivity index (χ1n) is 6.86. The van der Waals surface area contributed by atoms with Crippen molar-refractivity contribution in [2.45, 2.75) is 32.8 Å². The van der Waals surface area contributed by atoms with Gasteiger partial charge < -0.3 is 4.74 Å². The van der Waals surface area contributed by atoms with Gasteiger partial charge in [0.05, 0.1) is 12.1 Å². The number of carbonyl (C=O) groups excluding carboxylic acids is 1. The Morgan fingerprint density at radius 2 is 2.33 bits per heavy atom. The van der Waals surface area contributed by atoms with Crippen LogP contribution in [0.3, 0.4) is 0 Å². The molecule has 21 heavy (non-hydrogen) atoms. The Morgan fingerprint density at radius 1 is 1.48 bits per heavy atom. The van der Waals surface area contributed by atoms with Gasteiger partial charge in [0.2, 0.25) is 5.43 Å². The van der Waals surface area contributed by atoms with Crippen molar-refractivity contribution >= 4 is 5.97 Å². The van der Waals surface area contributed by atoms with E-state index in [1.165, 1.54) is 6.07 Å². The number of aromatic amines is 2. The molecule has 1 unspecified atom stereocenters. The zero-order valence-electron chi connectivity index (χ0n) is 11.7. The van der Waals surface area contributed by atoms with Crippen molar-refractivity contribution in [1.82, 2.24) is 20.4 Å². The van der Waals surface area contributed by atoms with E-state index in [0.29, 0.717) is 12.1 Å². The highest BCUT2D eigenvalue weighted by atomic mass is 16.5. The van der Waals surface area contributed by atoms with Crippen LogP contribution in [0.15, 0.2) is 17.1 Å². The van der Waals surface area contributed by atoms with Gasteiger partial charge in [-0.15, -0.1) is 0 Å². The number of ether oxygens (including phenoxy) is 1. The predicted molar refractivity (Wildman–Crippen MR) is 73.5 cm³/mol. The minimum Gasteiger partial charge on any atom is -0.459 e. The second-order valence-corrected chi connectivity index (χ2v) is 5.28. The molecule has 7 nitrogen and oxygen atoms in total. The molecular weight excluding hydrogens is 272 g/mol. The predicted octanol–water partition coefficient (Wildman–Crippen LogP) is 0.650. The molecule has 2 N–H and O–H groups in total. The fraction of sp³-hybridized carbons (Fsp3) is 0.429. The Hall–Kier alpha value is -2.44. The normalized spacial score (nSPS) is 17.3. The Morgan fingerprint density at radius 3 is 3.14 bits per heavy atom. The summed E-state index contributed by atoms with van der Waals surface area (Å²) in [6.07, 6.45) is 3.90. The Labute approximate surface area is 120 Å². The second-order valence-electron chi connectivity index (χ2n) is 5.28. The van der Waals surface area contributed by atoms with Crippen LogP contribution in [-0.4, -0.2) is 26.4 Å². The number of fused-ring (bicyclic) bond motifs is 1. The Kier molecular flexibility index (Phi) is 3.55.